The zero-order chi connectivity index (χ0) is 18.2. The number of amides is 1. The van der Waals surface area contributed by atoms with Crippen molar-refractivity contribution in [1.29, 1.82) is 0 Å². The minimum atomic E-state index is 0.0174. The third-order valence-electron chi connectivity index (χ3n) is 4.94. The molecule has 1 N–H and O–H groups in total. The second-order valence-corrected chi connectivity index (χ2v) is 7.62. The Kier molecular flexibility index (Phi) is 3.94. The molecule has 2 aromatic carbocycles. The van der Waals surface area contributed by atoms with E-state index in [2.05, 4.69) is 21.2 Å². The molecule has 5 rings (SSSR count). The predicted molar refractivity (Wildman–Crippen MR) is 104 cm³/mol. The van der Waals surface area contributed by atoms with Gasteiger partial charge in [0.15, 0.2) is 5.82 Å². The molecule has 4 aromatic rings. The summed E-state index contributed by atoms with van der Waals surface area (Å²) in [5.41, 5.74) is 2.41. The first kappa shape index (κ1) is 16.1. The number of likely N-dealkylation sites (tertiary alicyclic amines) is 1. The summed E-state index contributed by atoms with van der Waals surface area (Å²) in [4.78, 5) is 24.4. The quantitative estimate of drug-likeness (QED) is 0.586. The number of hydrogen-bond acceptors (Lipinski definition) is 5. The number of hydrogen-bond donors (Lipinski definition) is 1. The highest BCUT2D eigenvalue weighted by molar-refractivity contribution is 7.18. The van der Waals surface area contributed by atoms with Crippen molar-refractivity contribution in [2.45, 2.75) is 18.9 Å². The molecule has 7 heteroatoms. The highest BCUT2D eigenvalue weighted by Crippen LogP contribution is 2.38. The number of rotatable bonds is 3. The van der Waals surface area contributed by atoms with Crippen molar-refractivity contribution >= 4 is 27.5 Å². The molecule has 0 spiro atoms. The summed E-state index contributed by atoms with van der Waals surface area (Å²) >= 11 is 1.68. The van der Waals surface area contributed by atoms with Gasteiger partial charge in [0.1, 0.15) is 11.3 Å². The van der Waals surface area contributed by atoms with Crippen molar-refractivity contribution in [2.24, 2.45) is 0 Å². The number of benzene rings is 2. The van der Waals surface area contributed by atoms with Crippen LogP contribution in [0, 0.1) is 0 Å². The van der Waals surface area contributed by atoms with Gasteiger partial charge in [-0.3, -0.25) is 9.89 Å². The summed E-state index contributed by atoms with van der Waals surface area (Å²) in [5, 5.41) is 7.78. The first-order valence-corrected chi connectivity index (χ1v) is 9.74. The maximum absolute atomic E-state index is 13.4. The van der Waals surface area contributed by atoms with Crippen LogP contribution >= 0.6 is 11.3 Å². The number of carbonyl (C=O) groups excluding carboxylic acids is 1. The van der Waals surface area contributed by atoms with E-state index in [-0.39, 0.29) is 11.9 Å². The van der Waals surface area contributed by atoms with E-state index in [1.165, 1.54) is 6.33 Å². The van der Waals surface area contributed by atoms with E-state index in [1.54, 1.807) is 11.3 Å². The van der Waals surface area contributed by atoms with Crippen molar-refractivity contribution in [1.82, 2.24) is 25.1 Å². The normalized spacial score (nSPS) is 16.9. The monoisotopic (exact) mass is 375 g/mol. The Labute approximate surface area is 159 Å². The molecule has 1 aliphatic heterocycles. The first-order chi connectivity index (χ1) is 13.3. The van der Waals surface area contributed by atoms with Gasteiger partial charge in [-0.25, -0.2) is 9.97 Å². The summed E-state index contributed by atoms with van der Waals surface area (Å²) in [7, 11) is 0. The molecule has 6 nitrogen and oxygen atoms in total. The maximum Gasteiger partial charge on any atom is 0.255 e. The van der Waals surface area contributed by atoms with Crippen molar-refractivity contribution in [3.05, 3.63) is 65.4 Å². The lowest BCUT2D eigenvalue weighted by atomic mass is 10.1. The molecule has 1 unspecified atom stereocenters. The fraction of sp³-hybridized carbons (Fsp3) is 0.200. The van der Waals surface area contributed by atoms with E-state index in [9.17, 15) is 4.79 Å². The lowest BCUT2D eigenvalue weighted by molar-refractivity contribution is 0.0736. The van der Waals surface area contributed by atoms with Gasteiger partial charge in [0.05, 0.1) is 21.8 Å². The molecule has 0 radical (unpaired) electrons. The van der Waals surface area contributed by atoms with E-state index >= 15 is 0 Å². The zero-order valence-electron chi connectivity index (χ0n) is 14.5. The highest BCUT2D eigenvalue weighted by atomic mass is 32.1. The zero-order valence-corrected chi connectivity index (χ0v) is 15.3. The van der Waals surface area contributed by atoms with Crippen LogP contribution < -0.4 is 0 Å². The molecule has 1 atom stereocenters. The standard InChI is InChI=1S/C20H17N5OS/c26-20(14-7-2-1-6-13(14)18-21-12-22-24-18)25-11-5-9-16(25)19-23-15-8-3-4-10-17(15)27-19/h1-4,6-8,10,12,16H,5,9,11H2,(H,21,22,24). The molecule has 134 valence electrons. The van der Waals surface area contributed by atoms with Gasteiger partial charge >= 0.3 is 0 Å². The summed E-state index contributed by atoms with van der Waals surface area (Å²) in [6, 6.07) is 15.7. The molecule has 0 bridgehead atoms. The fourth-order valence-corrected chi connectivity index (χ4v) is 4.78. The molecular weight excluding hydrogens is 358 g/mol. The van der Waals surface area contributed by atoms with Gasteiger partial charge in [0, 0.05) is 12.1 Å². The van der Waals surface area contributed by atoms with Crippen LogP contribution in [0.3, 0.4) is 0 Å². The topological polar surface area (TPSA) is 74.8 Å². The molecule has 3 heterocycles. The third kappa shape index (κ3) is 2.80. The largest absolute Gasteiger partial charge is 0.329 e. The Morgan fingerprint density at radius 2 is 2.00 bits per heavy atom. The van der Waals surface area contributed by atoms with Crippen molar-refractivity contribution in [2.75, 3.05) is 6.54 Å². The molecule has 1 amide bonds. The van der Waals surface area contributed by atoms with E-state index < -0.39 is 0 Å². The van der Waals surface area contributed by atoms with Gasteiger partial charge in [0.2, 0.25) is 0 Å². The van der Waals surface area contributed by atoms with Crippen LogP contribution in [-0.2, 0) is 0 Å². The number of nitrogens with zero attached hydrogens (tertiary/aromatic N) is 4. The summed E-state index contributed by atoms with van der Waals surface area (Å²) < 4.78 is 1.16. The van der Waals surface area contributed by atoms with Crippen LogP contribution in [-0.4, -0.2) is 37.5 Å². The summed E-state index contributed by atoms with van der Waals surface area (Å²) in [6.07, 6.45) is 3.38. The molecule has 2 aromatic heterocycles. The van der Waals surface area contributed by atoms with E-state index in [0.717, 1.165) is 40.2 Å². The molecular formula is C20H17N5OS. The highest BCUT2D eigenvalue weighted by Gasteiger charge is 2.33. The second-order valence-electron chi connectivity index (χ2n) is 6.56. The predicted octanol–water partition coefficient (Wildman–Crippen LogP) is 4.06. The SMILES string of the molecule is O=C(c1ccccc1-c1ncn[nH]1)N1CCCC1c1nc2ccccc2s1. The Morgan fingerprint density at radius 3 is 2.85 bits per heavy atom. The number of fused-ring (bicyclic) bond motifs is 1. The van der Waals surface area contributed by atoms with Gasteiger partial charge in [-0.2, -0.15) is 5.10 Å². The van der Waals surface area contributed by atoms with Crippen molar-refractivity contribution in [3.63, 3.8) is 0 Å². The fourth-order valence-electron chi connectivity index (χ4n) is 3.67. The number of carbonyl (C=O) groups is 1. The Hall–Kier alpha value is -3.06. The number of aromatic nitrogens is 4. The minimum absolute atomic E-state index is 0.0174. The van der Waals surface area contributed by atoms with Gasteiger partial charge in [-0.15, -0.1) is 11.3 Å². The lowest BCUT2D eigenvalue weighted by Crippen LogP contribution is -2.31. The first-order valence-electron chi connectivity index (χ1n) is 8.92. The molecule has 1 aliphatic rings. The molecule has 0 saturated carbocycles. The van der Waals surface area contributed by atoms with E-state index in [4.69, 9.17) is 4.98 Å². The number of thiazole rings is 1. The number of H-pyrrole nitrogens is 1. The Bertz CT molecular complexity index is 1070. The average Bonchev–Trinajstić information content (AvgIpc) is 3.47. The third-order valence-corrected chi connectivity index (χ3v) is 6.07. The summed E-state index contributed by atoms with van der Waals surface area (Å²) in [6.45, 7) is 0.740. The van der Waals surface area contributed by atoms with Gasteiger partial charge in [0.25, 0.3) is 5.91 Å². The van der Waals surface area contributed by atoms with Crippen LogP contribution in [0.4, 0.5) is 0 Å². The van der Waals surface area contributed by atoms with Crippen LogP contribution in [0.1, 0.15) is 34.2 Å². The molecule has 0 aliphatic carbocycles. The second kappa shape index (κ2) is 6.59. The number of para-hydroxylation sites is 1. The van der Waals surface area contributed by atoms with Gasteiger partial charge < -0.3 is 4.90 Å². The molecule has 1 fully saturated rings. The maximum atomic E-state index is 13.4. The average molecular weight is 375 g/mol. The summed E-state index contributed by atoms with van der Waals surface area (Å²) in [5.74, 6) is 0.624. The van der Waals surface area contributed by atoms with Gasteiger partial charge in [-0.1, -0.05) is 30.3 Å². The number of nitrogens with one attached hydrogen (secondary N) is 1. The van der Waals surface area contributed by atoms with Crippen LogP contribution in [0.5, 0.6) is 0 Å². The van der Waals surface area contributed by atoms with Crippen LogP contribution in [0.25, 0.3) is 21.6 Å². The van der Waals surface area contributed by atoms with Gasteiger partial charge in [-0.05, 0) is 31.0 Å². The number of aromatic amines is 1. The lowest BCUT2D eigenvalue weighted by Gasteiger charge is -2.24. The van der Waals surface area contributed by atoms with Crippen LogP contribution in [0.2, 0.25) is 0 Å². The van der Waals surface area contributed by atoms with E-state index in [1.807, 2.05) is 47.4 Å². The molecule has 1 saturated heterocycles. The Balaban J connectivity index is 1.51. The smallest absolute Gasteiger partial charge is 0.255 e. The van der Waals surface area contributed by atoms with Crippen molar-refractivity contribution < 1.29 is 4.79 Å². The minimum Gasteiger partial charge on any atom is -0.329 e. The Morgan fingerprint density at radius 1 is 1.15 bits per heavy atom. The van der Waals surface area contributed by atoms with Crippen LogP contribution in [0.15, 0.2) is 54.9 Å². The van der Waals surface area contributed by atoms with Crippen molar-refractivity contribution in [3.8, 4) is 11.4 Å². The van der Waals surface area contributed by atoms with E-state index in [0.29, 0.717) is 11.4 Å². The molecule has 27 heavy (non-hydrogen) atoms.